The first-order valence-electron chi connectivity index (χ1n) is 4.62. The Bertz CT molecular complexity index is 177. The van der Waals surface area contributed by atoms with E-state index in [1.165, 1.54) is 0 Å². The van der Waals surface area contributed by atoms with E-state index in [-0.39, 0.29) is 21.1 Å². The minimum atomic E-state index is -1.40. The van der Waals surface area contributed by atoms with Gasteiger partial charge < -0.3 is 0 Å². The van der Waals surface area contributed by atoms with Crippen LogP contribution in [-0.4, -0.2) is 19.8 Å². The summed E-state index contributed by atoms with van der Waals surface area (Å²) in [6.07, 6.45) is 0. The zero-order valence-corrected chi connectivity index (χ0v) is 15.7. The maximum atomic E-state index is 7.50. The van der Waals surface area contributed by atoms with Gasteiger partial charge in [-0.2, -0.15) is 13.6 Å². The van der Waals surface area contributed by atoms with E-state index >= 15 is 0 Å². The predicted octanol–water partition coefficient (Wildman–Crippen LogP) is 1.87. The summed E-state index contributed by atoms with van der Waals surface area (Å²) < 4.78 is 53.0. The Kier molecular flexibility index (Phi) is 186. The van der Waals surface area contributed by atoms with E-state index in [1.807, 2.05) is 20.8 Å². The van der Waals surface area contributed by atoms with E-state index in [1.54, 1.807) is 0 Å². The van der Waals surface area contributed by atoms with E-state index in [2.05, 4.69) is 33.3 Å². The normalized spacial score (nSPS) is 5.62. The van der Waals surface area contributed by atoms with Gasteiger partial charge in [-0.15, -0.1) is 0 Å². The first-order chi connectivity index (χ1) is 9.85. The SMILES string of the molecule is CCO[PH+](OCC)OCC.[C-]#[O+].[C-]#[O+].[C-]#[O+].[C-]#[O+].[C-]#[O+].[W]. The van der Waals surface area contributed by atoms with Crippen molar-refractivity contribution in [1.82, 2.24) is 0 Å². The summed E-state index contributed by atoms with van der Waals surface area (Å²) in [7, 11) is -1.40. The third-order valence-corrected chi connectivity index (χ3v) is 2.36. The van der Waals surface area contributed by atoms with Crippen molar-refractivity contribution in [3.8, 4) is 0 Å². The number of rotatable bonds is 6. The molecule has 10 heteroatoms. The number of hydrogen-bond donors (Lipinski definition) is 0. The molecule has 0 aliphatic carbocycles. The van der Waals surface area contributed by atoms with Crippen LogP contribution >= 0.6 is 8.60 Å². The fourth-order valence-electron chi connectivity index (χ4n) is 0.479. The molecule has 0 aliphatic rings. The van der Waals surface area contributed by atoms with Crippen LogP contribution in [0, 0.1) is 33.3 Å². The van der Waals surface area contributed by atoms with Crippen molar-refractivity contribution in [3.63, 3.8) is 0 Å². The molecule has 118 valence electrons. The van der Waals surface area contributed by atoms with Gasteiger partial charge in [0.2, 0.25) is 0 Å². The molecule has 0 heterocycles. The van der Waals surface area contributed by atoms with E-state index < -0.39 is 8.60 Å². The molecule has 8 nitrogen and oxygen atoms in total. The molecule has 0 bridgehead atoms. The monoisotopic (exact) mass is 491 g/mol. The second kappa shape index (κ2) is 91.0. The molecule has 0 saturated carbocycles. The summed E-state index contributed by atoms with van der Waals surface area (Å²) in [4.78, 5) is 0. The van der Waals surface area contributed by atoms with E-state index in [4.69, 9.17) is 36.8 Å². The average molecular weight is 491 g/mol. The molecule has 0 aromatic carbocycles. The van der Waals surface area contributed by atoms with Crippen LogP contribution in [0.4, 0.5) is 0 Å². The summed E-state index contributed by atoms with van der Waals surface area (Å²) >= 11 is 0. The number of hydrogen-bond acceptors (Lipinski definition) is 3. The van der Waals surface area contributed by atoms with Gasteiger partial charge in [-0.1, -0.05) is 0 Å². The maximum absolute atomic E-state index is 7.50. The van der Waals surface area contributed by atoms with Gasteiger partial charge in [0.1, 0.15) is 0 Å². The molecule has 0 aromatic heterocycles. The predicted molar refractivity (Wildman–Crippen MR) is 62.8 cm³/mol. The van der Waals surface area contributed by atoms with Crippen LogP contribution < -0.4 is 0 Å². The summed E-state index contributed by atoms with van der Waals surface area (Å²) in [6.45, 7) is 30.3. The molecule has 0 aliphatic heterocycles. The van der Waals surface area contributed by atoms with E-state index in [0.717, 1.165) is 0 Å². The van der Waals surface area contributed by atoms with Gasteiger partial charge >= 0.3 is 65.1 Å². The minimum absolute atomic E-state index is 0. The third kappa shape index (κ3) is 81.5. The molecule has 0 aromatic rings. The van der Waals surface area contributed by atoms with Crippen molar-refractivity contribution >= 4 is 8.60 Å². The van der Waals surface area contributed by atoms with E-state index in [9.17, 15) is 0 Å². The molecule has 0 atom stereocenters. The van der Waals surface area contributed by atoms with Crippen molar-refractivity contribution < 1.29 is 57.9 Å². The summed E-state index contributed by atoms with van der Waals surface area (Å²) in [6, 6.07) is 0. The van der Waals surface area contributed by atoms with Crippen LogP contribution in [0.1, 0.15) is 20.8 Å². The third-order valence-electron chi connectivity index (χ3n) is 0.787. The van der Waals surface area contributed by atoms with Gasteiger partial charge in [0.25, 0.3) is 0 Å². The fourth-order valence-corrected chi connectivity index (χ4v) is 1.44. The van der Waals surface area contributed by atoms with Crippen LogP contribution in [-0.2, 0) is 57.9 Å². The molecule has 0 fully saturated rings. The summed E-state index contributed by atoms with van der Waals surface area (Å²) in [5.41, 5.74) is 0. The van der Waals surface area contributed by atoms with Gasteiger partial charge in [-0.05, 0) is 20.8 Å². The Balaban J connectivity index is -0.0000000303. The topological polar surface area (TPSA) is 127 Å². The first kappa shape index (κ1) is 42.8. The van der Waals surface area contributed by atoms with Gasteiger partial charge in [0, 0.05) is 21.1 Å². The van der Waals surface area contributed by atoms with Gasteiger partial charge in [-0.25, -0.2) is 0 Å². The molecule has 0 rings (SSSR count). The Morgan fingerprint density at radius 3 is 0.810 bits per heavy atom. The molecule has 0 N–H and O–H groups in total. The minimum Gasteiger partial charge on any atom is 0 e. The molecular weight excluding hydrogens is 475 g/mol. The Morgan fingerprint density at radius 2 is 0.714 bits per heavy atom. The van der Waals surface area contributed by atoms with Crippen molar-refractivity contribution in [2.45, 2.75) is 20.8 Å². The molecule has 0 radical (unpaired) electrons. The molecule has 0 saturated heterocycles. The average Bonchev–Trinajstić information content (AvgIpc) is 2.58. The zero-order valence-electron chi connectivity index (χ0n) is 11.8. The zero-order chi connectivity index (χ0) is 17.8. The molecule has 0 amide bonds. The molecule has 0 unspecified atom stereocenters. The van der Waals surface area contributed by atoms with Crippen molar-refractivity contribution in [3.05, 3.63) is 33.3 Å². The van der Waals surface area contributed by atoms with Gasteiger partial charge in [0.05, 0.1) is 19.8 Å². The van der Waals surface area contributed by atoms with Crippen molar-refractivity contribution in [1.29, 1.82) is 0 Å². The smallest absolute Gasteiger partial charge is 0 e. The van der Waals surface area contributed by atoms with Gasteiger partial charge in [-0.3, -0.25) is 0 Å². The summed E-state index contributed by atoms with van der Waals surface area (Å²) in [5.74, 6) is 0. The molecular formula is C11H16O8PW+. The maximum Gasteiger partial charge on any atom is 0 e. The first-order valence-corrected chi connectivity index (χ1v) is 5.85. The van der Waals surface area contributed by atoms with Gasteiger partial charge in [0.15, 0.2) is 0 Å². The van der Waals surface area contributed by atoms with Crippen LogP contribution in [0.3, 0.4) is 0 Å². The van der Waals surface area contributed by atoms with Crippen molar-refractivity contribution in [2.75, 3.05) is 19.8 Å². The van der Waals surface area contributed by atoms with E-state index in [0.29, 0.717) is 19.8 Å². The van der Waals surface area contributed by atoms with Crippen LogP contribution in [0.15, 0.2) is 0 Å². The van der Waals surface area contributed by atoms with Crippen molar-refractivity contribution in [2.24, 2.45) is 0 Å². The van der Waals surface area contributed by atoms with Crippen LogP contribution in [0.25, 0.3) is 0 Å². The van der Waals surface area contributed by atoms with Crippen LogP contribution in [0.5, 0.6) is 0 Å². The fraction of sp³-hybridized carbons (Fsp3) is 0.545. The molecule has 0 spiro atoms. The Morgan fingerprint density at radius 1 is 0.571 bits per heavy atom. The Labute approximate surface area is 140 Å². The van der Waals surface area contributed by atoms with Crippen LogP contribution in [0.2, 0.25) is 0 Å². The molecule has 21 heavy (non-hydrogen) atoms. The summed E-state index contributed by atoms with van der Waals surface area (Å²) in [5, 5.41) is 0. The quantitative estimate of drug-likeness (QED) is 0.320. The largest absolute Gasteiger partial charge is 0 e. The standard InChI is InChI=1S/C6H16O3P.5CO.W/c1-4-7-10(8-5-2)9-6-3;5*1-2;/h10H,4-6H2,1-3H3;;;;;;/q+1;;;;;;. The second-order valence-electron chi connectivity index (χ2n) is 1.55. The Hall–Kier alpha value is -0.302. The second-order valence-corrected chi connectivity index (χ2v) is 2.92.